The predicted octanol–water partition coefficient (Wildman–Crippen LogP) is 2.72. The van der Waals surface area contributed by atoms with Gasteiger partial charge in [-0.3, -0.25) is 4.79 Å². The lowest BCUT2D eigenvalue weighted by Crippen LogP contribution is -2.47. The summed E-state index contributed by atoms with van der Waals surface area (Å²) in [6.45, 7) is 0.131. The Hall–Kier alpha value is -2.50. The van der Waals surface area contributed by atoms with E-state index in [9.17, 15) is 14.7 Å². The van der Waals surface area contributed by atoms with Crippen molar-refractivity contribution < 1.29 is 24.2 Å². The Balaban J connectivity index is 1.65. The summed E-state index contributed by atoms with van der Waals surface area (Å²) in [7, 11) is 1.58. The molecule has 0 aromatic heterocycles. The van der Waals surface area contributed by atoms with Gasteiger partial charge in [0, 0.05) is 11.6 Å². The van der Waals surface area contributed by atoms with Gasteiger partial charge in [-0.25, -0.2) is 4.79 Å². The first-order chi connectivity index (χ1) is 12.6. The second-order valence-electron chi connectivity index (χ2n) is 7.25. The van der Waals surface area contributed by atoms with Crippen molar-refractivity contribution in [3.8, 4) is 11.5 Å². The molecule has 6 heteroatoms. The second kappa shape index (κ2) is 6.67. The molecule has 2 aliphatic heterocycles. The molecule has 1 amide bonds. The van der Waals surface area contributed by atoms with Crippen LogP contribution in [0.4, 0.5) is 0 Å². The SMILES string of the molecule is COc1cccc2c1OCC(C(=O)N1C(C(=O)O)CC3CCCCC31)=C2. The molecule has 138 valence electrons. The molecule has 0 bridgehead atoms. The highest BCUT2D eigenvalue weighted by atomic mass is 16.5. The normalized spacial score (nSPS) is 27.0. The summed E-state index contributed by atoms with van der Waals surface area (Å²) in [6, 6.07) is 4.82. The zero-order valence-corrected chi connectivity index (χ0v) is 14.8. The van der Waals surface area contributed by atoms with E-state index in [1.165, 1.54) is 0 Å². The zero-order chi connectivity index (χ0) is 18.3. The van der Waals surface area contributed by atoms with Gasteiger partial charge in [0.1, 0.15) is 12.6 Å². The van der Waals surface area contributed by atoms with Gasteiger partial charge in [0.05, 0.1) is 12.7 Å². The Morgan fingerprint density at radius 2 is 2.08 bits per heavy atom. The summed E-state index contributed by atoms with van der Waals surface area (Å²) in [4.78, 5) is 26.6. The molecule has 3 atom stereocenters. The fourth-order valence-corrected chi connectivity index (χ4v) is 4.60. The van der Waals surface area contributed by atoms with Crippen molar-refractivity contribution in [1.82, 2.24) is 4.90 Å². The maximum atomic E-state index is 13.2. The molecule has 1 aliphatic carbocycles. The van der Waals surface area contributed by atoms with Crippen LogP contribution in [0.15, 0.2) is 23.8 Å². The molecule has 4 rings (SSSR count). The number of aliphatic carboxylic acids is 1. The third-order valence-electron chi connectivity index (χ3n) is 5.81. The number of amides is 1. The standard InChI is InChI=1S/C20H23NO5/c1-25-17-8-4-6-13-9-14(11-26-18(13)17)19(22)21-15-7-3-2-5-12(15)10-16(21)20(23)24/h4,6,8-9,12,15-16H,2-3,5,7,10-11H2,1H3,(H,23,24). The maximum absolute atomic E-state index is 13.2. The minimum Gasteiger partial charge on any atom is -0.493 e. The van der Waals surface area contributed by atoms with Gasteiger partial charge in [-0.1, -0.05) is 25.0 Å². The van der Waals surface area contributed by atoms with E-state index in [1.807, 2.05) is 18.2 Å². The zero-order valence-electron chi connectivity index (χ0n) is 14.8. The minimum atomic E-state index is -0.910. The molecular formula is C20H23NO5. The number of carbonyl (C=O) groups is 2. The maximum Gasteiger partial charge on any atom is 0.326 e. The van der Waals surface area contributed by atoms with Crippen molar-refractivity contribution in [1.29, 1.82) is 0 Å². The van der Waals surface area contributed by atoms with Gasteiger partial charge >= 0.3 is 5.97 Å². The lowest BCUT2D eigenvalue weighted by molar-refractivity contribution is -0.148. The van der Waals surface area contributed by atoms with Crippen LogP contribution in [0.25, 0.3) is 6.08 Å². The molecule has 6 nitrogen and oxygen atoms in total. The van der Waals surface area contributed by atoms with Gasteiger partial charge in [-0.15, -0.1) is 0 Å². The Kier molecular flexibility index (Phi) is 4.34. The fraction of sp³-hybridized carbons (Fsp3) is 0.500. The molecule has 1 saturated heterocycles. The van der Waals surface area contributed by atoms with Crippen LogP contribution >= 0.6 is 0 Å². The van der Waals surface area contributed by atoms with Crippen molar-refractivity contribution in [2.24, 2.45) is 5.92 Å². The molecule has 1 saturated carbocycles. The molecule has 3 aliphatic rings. The molecule has 0 spiro atoms. The number of methoxy groups -OCH3 is 1. The molecular weight excluding hydrogens is 334 g/mol. The Labute approximate surface area is 152 Å². The highest BCUT2D eigenvalue weighted by Crippen LogP contribution is 2.42. The van der Waals surface area contributed by atoms with Crippen molar-refractivity contribution in [2.75, 3.05) is 13.7 Å². The van der Waals surface area contributed by atoms with Crippen LogP contribution in [0.5, 0.6) is 11.5 Å². The number of fused-ring (bicyclic) bond motifs is 2. The van der Waals surface area contributed by atoms with E-state index in [2.05, 4.69) is 0 Å². The van der Waals surface area contributed by atoms with Gasteiger partial charge < -0.3 is 19.5 Å². The first kappa shape index (κ1) is 16.9. The number of carboxylic acid groups (broad SMARTS) is 1. The molecule has 2 fully saturated rings. The van der Waals surface area contributed by atoms with Crippen molar-refractivity contribution in [2.45, 2.75) is 44.2 Å². The number of carbonyl (C=O) groups excluding carboxylic acids is 1. The van der Waals surface area contributed by atoms with Crippen LogP contribution in [-0.4, -0.2) is 47.7 Å². The summed E-state index contributed by atoms with van der Waals surface area (Å²) in [5.41, 5.74) is 1.29. The number of rotatable bonds is 3. The van der Waals surface area contributed by atoms with Gasteiger partial charge in [0.15, 0.2) is 11.5 Å². The van der Waals surface area contributed by atoms with E-state index < -0.39 is 12.0 Å². The minimum absolute atomic E-state index is 0.0324. The number of nitrogens with zero attached hydrogens (tertiary/aromatic N) is 1. The number of hydrogen-bond acceptors (Lipinski definition) is 4. The monoisotopic (exact) mass is 357 g/mol. The number of likely N-dealkylation sites (tertiary alicyclic amines) is 1. The fourth-order valence-electron chi connectivity index (χ4n) is 4.60. The summed E-state index contributed by atoms with van der Waals surface area (Å²) >= 11 is 0. The Morgan fingerprint density at radius 1 is 1.27 bits per heavy atom. The van der Waals surface area contributed by atoms with E-state index in [0.717, 1.165) is 31.2 Å². The van der Waals surface area contributed by atoms with Crippen molar-refractivity contribution in [3.63, 3.8) is 0 Å². The highest BCUT2D eigenvalue weighted by Gasteiger charge is 2.48. The van der Waals surface area contributed by atoms with Crippen molar-refractivity contribution in [3.05, 3.63) is 29.3 Å². The van der Waals surface area contributed by atoms with Crippen LogP contribution in [0.2, 0.25) is 0 Å². The van der Waals surface area contributed by atoms with Gasteiger partial charge in [-0.2, -0.15) is 0 Å². The van der Waals surface area contributed by atoms with E-state index in [-0.39, 0.29) is 18.6 Å². The highest BCUT2D eigenvalue weighted by molar-refractivity contribution is 6.01. The van der Waals surface area contributed by atoms with Crippen LogP contribution in [0.3, 0.4) is 0 Å². The number of hydrogen-bond donors (Lipinski definition) is 1. The summed E-state index contributed by atoms with van der Waals surface area (Å²) in [5.74, 6) is 0.430. The van der Waals surface area contributed by atoms with E-state index in [1.54, 1.807) is 18.1 Å². The molecule has 3 unspecified atom stereocenters. The van der Waals surface area contributed by atoms with Gasteiger partial charge in [0.25, 0.3) is 5.91 Å². The second-order valence-corrected chi connectivity index (χ2v) is 7.25. The first-order valence-electron chi connectivity index (χ1n) is 9.16. The van der Waals surface area contributed by atoms with E-state index >= 15 is 0 Å². The van der Waals surface area contributed by atoms with Crippen LogP contribution in [-0.2, 0) is 9.59 Å². The molecule has 0 radical (unpaired) electrons. The average molecular weight is 357 g/mol. The summed E-state index contributed by atoms with van der Waals surface area (Å²) in [6.07, 6.45) is 6.43. The first-order valence-corrected chi connectivity index (χ1v) is 9.16. The molecule has 1 N–H and O–H groups in total. The van der Waals surface area contributed by atoms with Crippen LogP contribution < -0.4 is 9.47 Å². The summed E-state index contributed by atoms with van der Waals surface area (Å²) in [5, 5.41) is 9.64. The molecule has 1 aromatic carbocycles. The quantitative estimate of drug-likeness (QED) is 0.900. The number of benzene rings is 1. The van der Waals surface area contributed by atoms with Crippen molar-refractivity contribution >= 4 is 18.0 Å². The van der Waals surface area contributed by atoms with E-state index in [0.29, 0.717) is 29.4 Å². The largest absolute Gasteiger partial charge is 0.493 e. The van der Waals surface area contributed by atoms with Gasteiger partial charge in [-0.05, 0) is 37.3 Å². The van der Waals surface area contributed by atoms with Crippen LogP contribution in [0.1, 0.15) is 37.7 Å². The number of para-hydroxylation sites is 1. The number of ether oxygens (including phenoxy) is 2. The smallest absolute Gasteiger partial charge is 0.326 e. The molecule has 2 heterocycles. The van der Waals surface area contributed by atoms with E-state index in [4.69, 9.17) is 9.47 Å². The lowest BCUT2D eigenvalue weighted by atomic mass is 9.84. The Bertz CT molecular complexity index is 771. The third kappa shape index (κ3) is 2.73. The summed E-state index contributed by atoms with van der Waals surface area (Å²) < 4.78 is 11.1. The molecule has 1 aromatic rings. The lowest BCUT2D eigenvalue weighted by Gasteiger charge is -2.34. The predicted molar refractivity (Wildman–Crippen MR) is 95.1 cm³/mol. The average Bonchev–Trinajstić information content (AvgIpc) is 3.06. The third-order valence-corrected chi connectivity index (χ3v) is 5.81. The topological polar surface area (TPSA) is 76.1 Å². The van der Waals surface area contributed by atoms with Gasteiger partial charge in [0.2, 0.25) is 0 Å². The Morgan fingerprint density at radius 3 is 2.85 bits per heavy atom. The number of carboxylic acids is 1. The molecule has 26 heavy (non-hydrogen) atoms. The van der Waals surface area contributed by atoms with Crippen LogP contribution in [0, 0.1) is 5.92 Å².